The standard InChI is InChI=1S/C14H18ClN3O/c15-12-5-1-4-11(13(12)16)14(19)18-8-7-17-6-2-3-10(17)9-18/h1,4-5,10H,2-3,6-9,16H2. The van der Waals surface area contributed by atoms with E-state index in [4.69, 9.17) is 17.3 Å². The van der Waals surface area contributed by atoms with E-state index in [0.717, 1.165) is 19.6 Å². The Morgan fingerprint density at radius 2 is 2.16 bits per heavy atom. The third-order valence-corrected chi connectivity index (χ3v) is 4.49. The van der Waals surface area contributed by atoms with Crippen LogP contribution in [0.25, 0.3) is 0 Å². The average Bonchev–Trinajstić information content (AvgIpc) is 2.88. The molecule has 0 spiro atoms. The van der Waals surface area contributed by atoms with Crippen LogP contribution in [0.1, 0.15) is 23.2 Å². The summed E-state index contributed by atoms with van der Waals surface area (Å²) in [5.41, 5.74) is 6.83. The monoisotopic (exact) mass is 279 g/mol. The van der Waals surface area contributed by atoms with Gasteiger partial charge in [0.1, 0.15) is 0 Å². The number of anilines is 1. The maximum absolute atomic E-state index is 12.5. The summed E-state index contributed by atoms with van der Waals surface area (Å²) in [5, 5.41) is 0.449. The Bertz CT molecular complexity index is 505. The van der Waals surface area contributed by atoms with E-state index in [0.29, 0.717) is 22.3 Å². The van der Waals surface area contributed by atoms with Gasteiger partial charge in [0.05, 0.1) is 16.3 Å². The molecule has 2 heterocycles. The maximum atomic E-state index is 12.5. The lowest BCUT2D eigenvalue weighted by Crippen LogP contribution is -2.52. The van der Waals surface area contributed by atoms with Crippen LogP contribution in [-0.4, -0.2) is 47.9 Å². The van der Waals surface area contributed by atoms with Gasteiger partial charge >= 0.3 is 0 Å². The van der Waals surface area contributed by atoms with E-state index in [2.05, 4.69) is 4.90 Å². The zero-order valence-corrected chi connectivity index (χ0v) is 11.6. The normalized spacial score (nSPS) is 23.4. The maximum Gasteiger partial charge on any atom is 0.256 e. The van der Waals surface area contributed by atoms with Gasteiger partial charge in [-0.25, -0.2) is 0 Å². The van der Waals surface area contributed by atoms with Gasteiger partial charge in [-0.05, 0) is 31.5 Å². The molecule has 0 radical (unpaired) electrons. The van der Waals surface area contributed by atoms with Crippen molar-refractivity contribution >= 4 is 23.2 Å². The summed E-state index contributed by atoms with van der Waals surface area (Å²) >= 11 is 5.98. The molecule has 1 amide bonds. The number of fused-ring (bicyclic) bond motifs is 1. The van der Waals surface area contributed by atoms with Crippen LogP contribution >= 0.6 is 11.6 Å². The molecule has 0 saturated carbocycles. The summed E-state index contributed by atoms with van der Waals surface area (Å²) in [4.78, 5) is 16.9. The number of carbonyl (C=O) groups is 1. The first-order valence-corrected chi connectivity index (χ1v) is 7.12. The largest absolute Gasteiger partial charge is 0.397 e. The molecule has 2 saturated heterocycles. The lowest BCUT2D eigenvalue weighted by Gasteiger charge is -2.37. The molecule has 2 fully saturated rings. The number of hydrogen-bond acceptors (Lipinski definition) is 3. The van der Waals surface area contributed by atoms with Crippen LogP contribution in [0.3, 0.4) is 0 Å². The number of hydrogen-bond donors (Lipinski definition) is 1. The van der Waals surface area contributed by atoms with Gasteiger partial charge in [0.25, 0.3) is 5.91 Å². The highest BCUT2D eigenvalue weighted by Crippen LogP contribution is 2.26. The molecule has 3 rings (SSSR count). The molecule has 0 aromatic heterocycles. The van der Waals surface area contributed by atoms with Gasteiger partial charge in [-0.1, -0.05) is 17.7 Å². The van der Waals surface area contributed by atoms with Crippen molar-refractivity contribution in [1.82, 2.24) is 9.80 Å². The Morgan fingerprint density at radius 3 is 3.00 bits per heavy atom. The van der Waals surface area contributed by atoms with E-state index >= 15 is 0 Å². The zero-order chi connectivity index (χ0) is 13.4. The second-order valence-corrected chi connectivity index (χ2v) is 5.69. The molecule has 5 heteroatoms. The second-order valence-electron chi connectivity index (χ2n) is 5.28. The van der Waals surface area contributed by atoms with E-state index in [-0.39, 0.29) is 5.91 Å². The van der Waals surface area contributed by atoms with Crippen LogP contribution < -0.4 is 5.73 Å². The minimum atomic E-state index is 0.00606. The quantitative estimate of drug-likeness (QED) is 0.798. The van der Waals surface area contributed by atoms with Crippen LogP contribution in [0, 0.1) is 0 Å². The Labute approximate surface area is 118 Å². The molecular formula is C14H18ClN3O. The molecule has 0 aliphatic carbocycles. The highest BCUT2D eigenvalue weighted by Gasteiger charge is 2.33. The lowest BCUT2D eigenvalue weighted by molar-refractivity contribution is 0.0572. The number of amides is 1. The topological polar surface area (TPSA) is 49.6 Å². The molecule has 2 N–H and O–H groups in total. The smallest absolute Gasteiger partial charge is 0.256 e. The predicted molar refractivity (Wildman–Crippen MR) is 76.4 cm³/mol. The lowest BCUT2D eigenvalue weighted by atomic mass is 10.1. The summed E-state index contributed by atoms with van der Waals surface area (Å²) in [6.45, 7) is 3.73. The first-order chi connectivity index (χ1) is 9.16. The van der Waals surface area contributed by atoms with E-state index in [9.17, 15) is 4.79 Å². The zero-order valence-electron chi connectivity index (χ0n) is 10.8. The number of nitrogens with two attached hydrogens (primary N) is 1. The van der Waals surface area contributed by atoms with E-state index in [1.165, 1.54) is 19.4 Å². The molecule has 102 valence electrons. The van der Waals surface area contributed by atoms with Crippen molar-refractivity contribution in [3.63, 3.8) is 0 Å². The van der Waals surface area contributed by atoms with Crippen molar-refractivity contribution in [2.24, 2.45) is 0 Å². The van der Waals surface area contributed by atoms with Crippen LogP contribution in [0.5, 0.6) is 0 Å². The van der Waals surface area contributed by atoms with Crippen molar-refractivity contribution in [3.05, 3.63) is 28.8 Å². The molecular weight excluding hydrogens is 262 g/mol. The fraction of sp³-hybridized carbons (Fsp3) is 0.500. The Hall–Kier alpha value is -1.26. The molecule has 0 bridgehead atoms. The number of carbonyl (C=O) groups excluding carboxylic acids is 1. The molecule has 2 aliphatic rings. The Kier molecular flexibility index (Phi) is 3.37. The van der Waals surface area contributed by atoms with Crippen LogP contribution in [0.2, 0.25) is 5.02 Å². The number of nitrogen functional groups attached to an aromatic ring is 1. The SMILES string of the molecule is Nc1c(Cl)cccc1C(=O)N1CCN2CCCC2C1. The summed E-state index contributed by atoms with van der Waals surface area (Å²) in [5.74, 6) is 0.00606. The summed E-state index contributed by atoms with van der Waals surface area (Å²) in [7, 11) is 0. The number of piperazine rings is 1. The Morgan fingerprint density at radius 1 is 1.32 bits per heavy atom. The molecule has 1 aromatic carbocycles. The van der Waals surface area contributed by atoms with Crippen LogP contribution in [0.15, 0.2) is 18.2 Å². The van der Waals surface area contributed by atoms with Gasteiger partial charge < -0.3 is 10.6 Å². The molecule has 1 unspecified atom stereocenters. The summed E-state index contributed by atoms with van der Waals surface area (Å²) < 4.78 is 0. The predicted octanol–water partition coefficient (Wildman–Crippen LogP) is 1.84. The third-order valence-electron chi connectivity index (χ3n) is 4.16. The van der Waals surface area contributed by atoms with Crippen molar-refractivity contribution in [3.8, 4) is 0 Å². The van der Waals surface area contributed by atoms with Crippen molar-refractivity contribution < 1.29 is 4.79 Å². The fourth-order valence-electron chi connectivity index (χ4n) is 3.07. The molecule has 1 atom stereocenters. The average molecular weight is 280 g/mol. The summed E-state index contributed by atoms with van der Waals surface area (Å²) in [6, 6.07) is 5.77. The Balaban J connectivity index is 1.79. The second kappa shape index (κ2) is 5.02. The minimum absolute atomic E-state index is 0.00606. The van der Waals surface area contributed by atoms with Gasteiger partial charge in [-0.2, -0.15) is 0 Å². The van der Waals surface area contributed by atoms with Gasteiger partial charge in [-0.15, -0.1) is 0 Å². The molecule has 4 nitrogen and oxygen atoms in total. The fourth-order valence-corrected chi connectivity index (χ4v) is 3.24. The number of rotatable bonds is 1. The van der Waals surface area contributed by atoms with Crippen molar-refractivity contribution in [1.29, 1.82) is 0 Å². The van der Waals surface area contributed by atoms with Crippen LogP contribution in [0.4, 0.5) is 5.69 Å². The number of para-hydroxylation sites is 1. The van der Waals surface area contributed by atoms with Gasteiger partial charge in [0.15, 0.2) is 0 Å². The number of halogens is 1. The first-order valence-electron chi connectivity index (χ1n) is 6.74. The first kappa shape index (κ1) is 12.8. The van der Waals surface area contributed by atoms with Crippen LogP contribution in [-0.2, 0) is 0 Å². The highest BCUT2D eigenvalue weighted by atomic mass is 35.5. The van der Waals surface area contributed by atoms with Gasteiger partial charge in [0, 0.05) is 25.7 Å². The van der Waals surface area contributed by atoms with Crippen molar-refractivity contribution in [2.45, 2.75) is 18.9 Å². The number of benzene rings is 1. The minimum Gasteiger partial charge on any atom is -0.397 e. The molecule has 2 aliphatic heterocycles. The van der Waals surface area contributed by atoms with E-state index in [1.54, 1.807) is 18.2 Å². The van der Waals surface area contributed by atoms with Gasteiger partial charge in [0.2, 0.25) is 0 Å². The number of nitrogens with zero attached hydrogens (tertiary/aromatic N) is 2. The van der Waals surface area contributed by atoms with Crippen molar-refractivity contribution in [2.75, 3.05) is 31.9 Å². The third kappa shape index (κ3) is 2.30. The molecule has 19 heavy (non-hydrogen) atoms. The van der Waals surface area contributed by atoms with E-state index in [1.807, 2.05) is 4.90 Å². The molecule has 1 aromatic rings. The van der Waals surface area contributed by atoms with Gasteiger partial charge in [-0.3, -0.25) is 9.69 Å². The summed E-state index contributed by atoms with van der Waals surface area (Å²) in [6.07, 6.45) is 2.43. The highest BCUT2D eigenvalue weighted by molar-refractivity contribution is 6.33. The van der Waals surface area contributed by atoms with E-state index < -0.39 is 0 Å².